The van der Waals surface area contributed by atoms with Gasteiger partial charge in [-0.1, -0.05) is 67.8 Å². The molecule has 0 saturated carbocycles. The maximum absolute atomic E-state index is 6.55. The van der Waals surface area contributed by atoms with Crippen molar-refractivity contribution in [3.8, 4) is 0 Å². The van der Waals surface area contributed by atoms with Crippen molar-refractivity contribution < 1.29 is 18.9 Å². The average molecular weight is 507 g/mol. The molecule has 4 aliphatic heterocycles. The van der Waals surface area contributed by atoms with Crippen LogP contribution in [0.15, 0.2) is 24.3 Å². The third-order valence-corrected chi connectivity index (χ3v) is 15.9. The number of benzene rings is 1. The summed E-state index contributed by atoms with van der Waals surface area (Å²) in [5.74, 6) is -0.932. The van der Waals surface area contributed by atoms with E-state index in [1.165, 1.54) is 0 Å². The minimum Gasteiger partial charge on any atom is -0.344 e. The molecule has 0 N–H and O–H groups in total. The molecule has 4 nitrogen and oxygen atoms in total. The molecule has 0 spiro atoms. The van der Waals surface area contributed by atoms with Crippen LogP contribution in [0.3, 0.4) is 0 Å². The van der Waals surface area contributed by atoms with Gasteiger partial charge in [0.05, 0.1) is 24.4 Å². The highest BCUT2D eigenvalue weighted by molar-refractivity contribution is 7.73. The van der Waals surface area contributed by atoms with Gasteiger partial charge in [0.1, 0.15) is 0 Å². The quantitative estimate of drug-likeness (QED) is 0.438. The maximum Gasteiger partial charge on any atom is 0.163 e. The molecule has 6 heteroatoms. The lowest BCUT2D eigenvalue weighted by molar-refractivity contribution is -0.148. The molecule has 4 heterocycles. The largest absolute Gasteiger partial charge is 0.344 e. The monoisotopic (exact) mass is 506 g/mol. The van der Waals surface area contributed by atoms with Gasteiger partial charge in [0.25, 0.3) is 0 Å². The molecule has 5 rings (SSSR count). The van der Waals surface area contributed by atoms with E-state index in [2.05, 4.69) is 79.7 Å². The zero-order chi connectivity index (χ0) is 24.4. The fourth-order valence-electron chi connectivity index (χ4n) is 7.28. The van der Waals surface area contributed by atoms with E-state index in [1.54, 1.807) is 10.6 Å². The van der Waals surface area contributed by atoms with Crippen LogP contribution < -0.4 is 10.6 Å². The zero-order valence-electron chi connectivity index (χ0n) is 22.3. The third kappa shape index (κ3) is 4.04. The Morgan fingerprint density at radius 2 is 0.824 bits per heavy atom. The minimum atomic E-state index is -0.466. The van der Waals surface area contributed by atoms with Gasteiger partial charge in [-0.3, -0.25) is 0 Å². The number of hydrogen-bond donors (Lipinski definition) is 0. The highest BCUT2D eigenvalue weighted by atomic mass is 31.1. The fourth-order valence-corrected chi connectivity index (χ4v) is 15.3. The Labute approximate surface area is 209 Å². The summed E-state index contributed by atoms with van der Waals surface area (Å²) < 4.78 is 26.2. The Bertz CT molecular complexity index is 774. The molecule has 4 fully saturated rings. The Hall–Kier alpha value is -0.0800. The Kier molecular flexibility index (Phi) is 7.02. The van der Waals surface area contributed by atoms with Crippen LogP contribution >= 0.6 is 15.8 Å². The third-order valence-electron chi connectivity index (χ3n) is 8.38. The molecule has 4 aliphatic rings. The van der Waals surface area contributed by atoms with Gasteiger partial charge in [-0.05, 0) is 64.0 Å². The zero-order valence-corrected chi connectivity index (χ0v) is 24.1. The van der Waals surface area contributed by atoms with Crippen molar-refractivity contribution in [2.45, 2.75) is 140 Å². The second-order valence-electron chi connectivity index (χ2n) is 11.3. The smallest absolute Gasteiger partial charge is 0.163 e. The lowest BCUT2D eigenvalue weighted by Gasteiger charge is -2.36. The van der Waals surface area contributed by atoms with E-state index in [4.69, 9.17) is 18.9 Å². The first-order valence-electron chi connectivity index (χ1n) is 13.5. The van der Waals surface area contributed by atoms with Crippen LogP contribution in [0, 0.1) is 0 Å². The molecule has 0 aromatic heterocycles. The highest BCUT2D eigenvalue weighted by Gasteiger charge is 2.60. The van der Waals surface area contributed by atoms with E-state index in [-0.39, 0.29) is 40.3 Å². The summed E-state index contributed by atoms with van der Waals surface area (Å²) in [6.45, 7) is 17.7. The Morgan fingerprint density at radius 3 is 1.06 bits per heavy atom. The summed E-state index contributed by atoms with van der Waals surface area (Å²) in [6, 6.07) is 9.45. The normalized spacial score (nSPS) is 44.4. The first-order chi connectivity index (χ1) is 16.2. The highest BCUT2D eigenvalue weighted by Crippen LogP contribution is 2.65. The molecule has 0 amide bonds. The standard InChI is InChI=1S/C28H44O4P2/c1-9-17-23-24(30-27(5,6)29-23)18(10-2)33(17)21-15-13-14-16-22(21)34-19(11-3)25-26(20(34)12-4)32-28(7,8)31-25/h13-20,23-26H,9-12H2,1-8H3/t17-,18-,19-,20-,23+,24+,25+,26+/m0/s1. The molecular formula is C28H44O4P2. The molecule has 190 valence electrons. The van der Waals surface area contributed by atoms with Crippen LogP contribution in [0.2, 0.25) is 0 Å². The van der Waals surface area contributed by atoms with E-state index in [0.29, 0.717) is 22.6 Å². The summed E-state index contributed by atoms with van der Waals surface area (Å²) in [5, 5.41) is 3.25. The van der Waals surface area contributed by atoms with Gasteiger partial charge in [0.15, 0.2) is 11.6 Å². The molecule has 4 saturated heterocycles. The van der Waals surface area contributed by atoms with Crippen molar-refractivity contribution in [1.82, 2.24) is 0 Å². The molecule has 0 aliphatic carbocycles. The van der Waals surface area contributed by atoms with E-state index >= 15 is 0 Å². The molecule has 0 radical (unpaired) electrons. The van der Waals surface area contributed by atoms with Gasteiger partial charge >= 0.3 is 0 Å². The van der Waals surface area contributed by atoms with Crippen LogP contribution in [0.4, 0.5) is 0 Å². The average Bonchev–Trinajstić information content (AvgIpc) is 3.45. The van der Waals surface area contributed by atoms with Crippen molar-refractivity contribution in [3.05, 3.63) is 24.3 Å². The van der Waals surface area contributed by atoms with E-state index in [9.17, 15) is 0 Å². The lowest BCUT2D eigenvalue weighted by Crippen LogP contribution is -2.35. The number of fused-ring (bicyclic) bond motifs is 2. The number of ether oxygens (including phenoxy) is 4. The van der Waals surface area contributed by atoms with Crippen LogP contribution in [-0.4, -0.2) is 58.6 Å². The van der Waals surface area contributed by atoms with Crippen LogP contribution in [0.5, 0.6) is 0 Å². The first-order valence-corrected chi connectivity index (χ1v) is 16.5. The van der Waals surface area contributed by atoms with Gasteiger partial charge in [-0.25, -0.2) is 0 Å². The van der Waals surface area contributed by atoms with E-state index in [0.717, 1.165) is 25.7 Å². The maximum atomic E-state index is 6.55. The second-order valence-corrected chi connectivity index (χ2v) is 16.6. The summed E-state index contributed by atoms with van der Waals surface area (Å²) >= 11 is 0. The minimum absolute atomic E-state index is 0.219. The summed E-state index contributed by atoms with van der Waals surface area (Å²) in [6.07, 6.45) is 5.47. The summed E-state index contributed by atoms with van der Waals surface area (Å²) in [5.41, 5.74) is 2.21. The van der Waals surface area contributed by atoms with Gasteiger partial charge < -0.3 is 18.9 Å². The van der Waals surface area contributed by atoms with E-state index < -0.39 is 11.6 Å². The number of rotatable bonds is 6. The number of hydrogen-bond acceptors (Lipinski definition) is 4. The predicted molar refractivity (Wildman–Crippen MR) is 144 cm³/mol. The SMILES string of the molecule is CC[C@H]1[C@H]2OC(C)(C)O[C@@H]2[C@H](CC)P1c1ccccc1P1[C@@H](CC)[C@H]2OC(C)(C)O[C@@H]2[C@@H]1CC. The van der Waals surface area contributed by atoms with Crippen LogP contribution in [0.1, 0.15) is 81.1 Å². The Morgan fingerprint density at radius 1 is 0.559 bits per heavy atom. The summed E-state index contributed by atoms with van der Waals surface area (Å²) in [4.78, 5) is 0. The van der Waals surface area contributed by atoms with Crippen LogP contribution in [-0.2, 0) is 18.9 Å². The predicted octanol–water partition coefficient (Wildman–Crippen LogP) is 6.08. The van der Waals surface area contributed by atoms with Gasteiger partial charge in [0.2, 0.25) is 0 Å². The van der Waals surface area contributed by atoms with Crippen molar-refractivity contribution in [1.29, 1.82) is 0 Å². The fraction of sp³-hybridized carbons (Fsp3) is 0.786. The summed E-state index contributed by atoms with van der Waals surface area (Å²) in [7, 11) is -0.752. The first kappa shape index (κ1) is 25.6. The van der Waals surface area contributed by atoms with Crippen molar-refractivity contribution in [2.75, 3.05) is 0 Å². The van der Waals surface area contributed by atoms with Crippen molar-refractivity contribution >= 4 is 26.5 Å². The molecule has 8 atom stereocenters. The molecule has 34 heavy (non-hydrogen) atoms. The lowest BCUT2D eigenvalue weighted by atomic mass is 10.1. The molecular weight excluding hydrogens is 462 g/mol. The van der Waals surface area contributed by atoms with Crippen molar-refractivity contribution in [3.63, 3.8) is 0 Å². The molecule has 0 bridgehead atoms. The van der Waals surface area contributed by atoms with Crippen LogP contribution in [0.25, 0.3) is 0 Å². The topological polar surface area (TPSA) is 36.9 Å². The van der Waals surface area contributed by atoms with Crippen molar-refractivity contribution in [2.24, 2.45) is 0 Å². The van der Waals surface area contributed by atoms with Gasteiger partial charge in [-0.2, -0.15) is 0 Å². The van der Waals surface area contributed by atoms with Gasteiger partial charge in [0, 0.05) is 22.6 Å². The molecule has 1 aromatic rings. The molecule has 1 aromatic carbocycles. The van der Waals surface area contributed by atoms with Gasteiger partial charge in [-0.15, -0.1) is 0 Å². The van der Waals surface area contributed by atoms with E-state index in [1.807, 2.05) is 0 Å². The molecule has 0 unspecified atom stereocenters. The second kappa shape index (κ2) is 9.34. The Balaban J connectivity index is 1.55.